The van der Waals surface area contributed by atoms with Crippen molar-refractivity contribution in [1.29, 1.82) is 0 Å². The van der Waals surface area contributed by atoms with E-state index in [2.05, 4.69) is 32.6 Å². The SMILES string of the molecule is CCCC(C)C1CCCN1C(C)(C)S. The lowest BCUT2D eigenvalue weighted by Gasteiger charge is -2.38. The maximum absolute atomic E-state index is 4.70. The Labute approximate surface area is 94.7 Å². The molecule has 2 atom stereocenters. The average Bonchev–Trinajstić information content (AvgIpc) is 2.50. The molecule has 1 saturated heterocycles. The van der Waals surface area contributed by atoms with Gasteiger partial charge in [0.2, 0.25) is 0 Å². The van der Waals surface area contributed by atoms with Crippen molar-refractivity contribution in [3.63, 3.8) is 0 Å². The molecule has 0 spiro atoms. The molecular weight excluding hydrogens is 190 g/mol. The number of hydrogen-bond acceptors (Lipinski definition) is 2. The Morgan fingerprint density at radius 2 is 2.14 bits per heavy atom. The fraction of sp³-hybridized carbons (Fsp3) is 1.00. The van der Waals surface area contributed by atoms with Crippen molar-refractivity contribution in [1.82, 2.24) is 4.90 Å². The standard InChI is InChI=1S/C12H25NS/c1-5-7-10(2)11-8-6-9-13(11)12(3,4)14/h10-11,14H,5-9H2,1-4H3. The van der Waals surface area contributed by atoms with E-state index in [1.165, 1.54) is 32.2 Å². The zero-order valence-electron chi connectivity index (χ0n) is 10.1. The maximum Gasteiger partial charge on any atom is 0.0586 e. The normalized spacial score (nSPS) is 26.8. The predicted octanol–water partition coefficient (Wildman–Crippen LogP) is 3.55. The molecular formula is C12H25NS. The smallest absolute Gasteiger partial charge is 0.0586 e. The van der Waals surface area contributed by atoms with E-state index in [9.17, 15) is 0 Å². The Bertz CT molecular complexity index is 174. The summed E-state index contributed by atoms with van der Waals surface area (Å²) >= 11 is 4.70. The predicted molar refractivity (Wildman–Crippen MR) is 66.9 cm³/mol. The zero-order chi connectivity index (χ0) is 10.8. The average molecular weight is 215 g/mol. The van der Waals surface area contributed by atoms with Gasteiger partial charge in [0.15, 0.2) is 0 Å². The third-order valence-corrected chi connectivity index (χ3v) is 3.66. The van der Waals surface area contributed by atoms with Crippen LogP contribution in [0.25, 0.3) is 0 Å². The van der Waals surface area contributed by atoms with E-state index in [-0.39, 0.29) is 4.87 Å². The van der Waals surface area contributed by atoms with Crippen LogP contribution < -0.4 is 0 Å². The van der Waals surface area contributed by atoms with Gasteiger partial charge in [-0.05, 0) is 45.6 Å². The molecule has 2 unspecified atom stereocenters. The number of nitrogens with zero attached hydrogens (tertiary/aromatic N) is 1. The van der Waals surface area contributed by atoms with Gasteiger partial charge in [-0.1, -0.05) is 20.3 Å². The maximum atomic E-state index is 4.70. The summed E-state index contributed by atoms with van der Waals surface area (Å²) in [7, 11) is 0. The van der Waals surface area contributed by atoms with Crippen molar-refractivity contribution in [2.75, 3.05) is 6.54 Å². The molecule has 0 aromatic heterocycles. The highest BCUT2D eigenvalue weighted by Gasteiger charge is 2.35. The Kier molecular flexibility index (Phi) is 4.32. The van der Waals surface area contributed by atoms with Gasteiger partial charge in [0.25, 0.3) is 0 Å². The molecule has 0 bridgehead atoms. The summed E-state index contributed by atoms with van der Waals surface area (Å²) in [4.78, 5) is 2.64. The lowest BCUT2D eigenvalue weighted by atomic mass is 9.94. The first kappa shape index (κ1) is 12.4. The van der Waals surface area contributed by atoms with Crippen LogP contribution in [-0.2, 0) is 0 Å². The van der Waals surface area contributed by atoms with Gasteiger partial charge in [-0.25, -0.2) is 0 Å². The minimum absolute atomic E-state index is 0.0587. The van der Waals surface area contributed by atoms with E-state index in [1.54, 1.807) is 0 Å². The third kappa shape index (κ3) is 2.90. The Hall–Kier alpha value is 0.310. The summed E-state index contributed by atoms with van der Waals surface area (Å²) < 4.78 is 0. The van der Waals surface area contributed by atoms with E-state index in [4.69, 9.17) is 12.6 Å². The second-order valence-corrected chi connectivity index (χ2v) is 6.26. The van der Waals surface area contributed by atoms with Crippen LogP contribution in [0.4, 0.5) is 0 Å². The molecule has 14 heavy (non-hydrogen) atoms. The van der Waals surface area contributed by atoms with Gasteiger partial charge in [-0.15, -0.1) is 0 Å². The Morgan fingerprint density at radius 1 is 1.50 bits per heavy atom. The van der Waals surface area contributed by atoms with Crippen LogP contribution in [0.5, 0.6) is 0 Å². The van der Waals surface area contributed by atoms with E-state index >= 15 is 0 Å². The molecule has 1 nitrogen and oxygen atoms in total. The fourth-order valence-corrected chi connectivity index (χ4v) is 2.96. The first-order chi connectivity index (χ1) is 6.46. The van der Waals surface area contributed by atoms with E-state index in [0.29, 0.717) is 0 Å². The van der Waals surface area contributed by atoms with Gasteiger partial charge in [0.1, 0.15) is 0 Å². The molecule has 0 aliphatic carbocycles. The van der Waals surface area contributed by atoms with Crippen LogP contribution in [0.3, 0.4) is 0 Å². The minimum Gasteiger partial charge on any atom is -0.286 e. The number of likely N-dealkylation sites (tertiary alicyclic amines) is 1. The summed E-state index contributed by atoms with van der Waals surface area (Å²) in [5.41, 5.74) is 0. The highest BCUT2D eigenvalue weighted by molar-refractivity contribution is 7.81. The van der Waals surface area contributed by atoms with Gasteiger partial charge >= 0.3 is 0 Å². The zero-order valence-corrected chi connectivity index (χ0v) is 11.0. The molecule has 1 aliphatic heterocycles. The van der Waals surface area contributed by atoms with Crippen LogP contribution in [0.2, 0.25) is 0 Å². The third-order valence-electron chi connectivity index (χ3n) is 3.40. The number of hydrogen-bond donors (Lipinski definition) is 1. The largest absolute Gasteiger partial charge is 0.286 e. The van der Waals surface area contributed by atoms with Crippen LogP contribution in [0.15, 0.2) is 0 Å². The van der Waals surface area contributed by atoms with Crippen molar-refractivity contribution < 1.29 is 0 Å². The molecule has 1 aliphatic rings. The second-order valence-electron chi connectivity index (χ2n) is 5.16. The van der Waals surface area contributed by atoms with Crippen LogP contribution >= 0.6 is 12.6 Å². The summed E-state index contributed by atoms with van der Waals surface area (Å²) in [6.07, 6.45) is 5.37. The van der Waals surface area contributed by atoms with Gasteiger partial charge in [-0.3, -0.25) is 4.90 Å². The van der Waals surface area contributed by atoms with Gasteiger partial charge in [-0.2, -0.15) is 12.6 Å². The quantitative estimate of drug-likeness (QED) is 0.702. The second kappa shape index (κ2) is 4.89. The van der Waals surface area contributed by atoms with Crippen molar-refractivity contribution in [2.45, 2.75) is 64.3 Å². The lowest BCUT2D eigenvalue weighted by Crippen LogP contribution is -2.45. The summed E-state index contributed by atoms with van der Waals surface area (Å²) in [6.45, 7) is 10.3. The first-order valence-electron chi connectivity index (χ1n) is 5.96. The molecule has 0 saturated carbocycles. The molecule has 1 fully saturated rings. The molecule has 0 aromatic rings. The summed E-state index contributed by atoms with van der Waals surface area (Å²) in [6, 6.07) is 0.766. The molecule has 84 valence electrons. The molecule has 0 aromatic carbocycles. The van der Waals surface area contributed by atoms with Gasteiger partial charge in [0, 0.05) is 6.04 Å². The van der Waals surface area contributed by atoms with Crippen LogP contribution in [0, 0.1) is 5.92 Å². The Balaban J connectivity index is 2.59. The minimum atomic E-state index is 0.0587. The van der Waals surface area contributed by atoms with E-state index in [0.717, 1.165) is 12.0 Å². The number of rotatable bonds is 4. The van der Waals surface area contributed by atoms with Gasteiger partial charge < -0.3 is 0 Å². The topological polar surface area (TPSA) is 3.24 Å². The molecule has 0 amide bonds. The molecule has 0 N–H and O–H groups in total. The van der Waals surface area contributed by atoms with Crippen LogP contribution in [-0.4, -0.2) is 22.4 Å². The molecule has 1 heterocycles. The van der Waals surface area contributed by atoms with Crippen LogP contribution in [0.1, 0.15) is 53.4 Å². The lowest BCUT2D eigenvalue weighted by molar-refractivity contribution is 0.135. The number of thiol groups is 1. The van der Waals surface area contributed by atoms with Crippen molar-refractivity contribution in [3.05, 3.63) is 0 Å². The van der Waals surface area contributed by atoms with E-state index in [1.807, 2.05) is 0 Å². The first-order valence-corrected chi connectivity index (χ1v) is 6.40. The van der Waals surface area contributed by atoms with Gasteiger partial charge in [0.05, 0.1) is 4.87 Å². The summed E-state index contributed by atoms with van der Waals surface area (Å²) in [5.74, 6) is 0.828. The highest BCUT2D eigenvalue weighted by Crippen LogP contribution is 2.34. The molecule has 0 radical (unpaired) electrons. The van der Waals surface area contributed by atoms with Crippen molar-refractivity contribution in [3.8, 4) is 0 Å². The molecule has 1 rings (SSSR count). The summed E-state index contributed by atoms with van der Waals surface area (Å²) in [5, 5.41) is 0. The van der Waals surface area contributed by atoms with Crippen molar-refractivity contribution >= 4 is 12.6 Å². The Morgan fingerprint density at radius 3 is 2.64 bits per heavy atom. The molecule has 2 heteroatoms. The highest BCUT2D eigenvalue weighted by atomic mass is 32.1. The van der Waals surface area contributed by atoms with Crippen molar-refractivity contribution in [2.24, 2.45) is 5.92 Å². The monoisotopic (exact) mass is 215 g/mol. The fourth-order valence-electron chi connectivity index (χ4n) is 2.71. The van der Waals surface area contributed by atoms with E-state index < -0.39 is 0 Å².